The second-order valence-corrected chi connectivity index (χ2v) is 5.46. The van der Waals surface area contributed by atoms with Crippen molar-refractivity contribution in [2.45, 2.75) is 26.8 Å². The lowest BCUT2D eigenvalue weighted by Crippen LogP contribution is -2.28. The van der Waals surface area contributed by atoms with Crippen molar-refractivity contribution >= 4 is 15.9 Å². The van der Waals surface area contributed by atoms with Gasteiger partial charge < -0.3 is 0 Å². The summed E-state index contributed by atoms with van der Waals surface area (Å²) < 4.78 is 1.000. The molecular formula is C13H18BrN3. The molecule has 0 unspecified atom stereocenters. The maximum atomic E-state index is 8.66. The number of hydrogen-bond donors (Lipinski definition) is 0. The van der Waals surface area contributed by atoms with Gasteiger partial charge in [0.15, 0.2) is 0 Å². The zero-order chi connectivity index (χ0) is 12.7. The second kappa shape index (κ2) is 7.41. The Morgan fingerprint density at radius 1 is 1.47 bits per heavy atom. The van der Waals surface area contributed by atoms with Crippen molar-refractivity contribution in [1.29, 1.82) is 5.26 Å². The maximum absolute atomic E-state index is 8.66. The summed E-state index contributed by atoms with van der Waals surface area (Å²) in [6.07, 6.45) is 4.24. The number of aromatic nitrogens is 1. The van der Waals surface area contributed by atoms with Gasteiger partial charge in [-0.3, -0.25) is 9.88 Å². The summed E-state index contributed by atoms with van der Waals surface area (Å²) in [4.78, 5) is 6.46. The molecule has 0 spiro atoms. The van der Waals surface area contributed by atoms with Crippen molar-refractivity contribution in [2.75, 3.05) is 13.1 Å². The van der Waals surface area contributed by atoms with Crippen LogP contribution in [0.3, 0.4) is 0 Å². The average molecular weight is 296 g/mol. The van der Waals surface area contributed by atoms with Gasteiger partial charge >= 0.3 is 0 Å². The number of nitriles is 1. The molecule has 0 aliphatic heterocycles. The van der Waals surface area contributed by atoms with E-state index in [1.54, 1.807) is 6.20 Å². The third kappa shape index (κ3) is 5.81. The highest BCUT2D eigenvalue weighted by atomic mass is 79.9. The number of nitrogens with zero attached hydrogens (tertiary/aromatic N) is 3. The Labute approximate surface area is 112 Å². The number of halogens is 1. The largest absolute Gasteiger partial charge is 0.298 e. The van der Waals surface area contributed by atoms with Gasteiger partial charge in [0.25, 0.3) is 0 Å². The van der Waals surface area contributed by atoms with Crippen LogP contribution in [0.25, 0.3) is 0 Å². The highest BCUT2D eigenvalue weighted by molar-refractivity contribution is 9.10. The molecule has 1 heterocycles. The quantitative estimate of drug-likeness (QED) is 0.809. The van der Waals surface area contributed by atoms with Crippen molar-refractivity contribution < 1.29 is 0 Å². The molecule has 0 radical (unpaired) electrons. The van der Waals surface area contributed by atoms with E-state index >= 15 is 0 Å². The normalized spacial score (nSPS) is 10.8. The van der Waals surface area contributed by atoms with E-state index in [0.29, 0.717) is 12.3 Å². The summed E-state index contributed by atoms with van der Waals surface area (Å²) >= 11 is 3.42. The van der Waals surface area contributed by atoms with E-state index in [2.05, 4.69) is 51.8 Å². The van der Waals surface area contributed by atoms with Crippen LogP contribution in [0.4, 0.5) is 0 Å². The zero-order valence-corrected chi connectivity index (χ0v) is 11.9. The van der Waals surface area contributed by atoms with Crippen molar-refractivity contribution in [3.63, 3.8) is 0 Å². The predicted molar refractivity (Wildman–Crippen MR) is 72.3 cm³/mol. The smallest absolute Gasteiger partial charge is 0.0635 e. The molecule has 92 valence electrons. The molecule has 0 fully saturated rings. The monoisotopic (exact) mass is 295 g/mol. The molecule has 1 aromatic heterocycles. The Morgan fingerprint density at radius 2 is 2.24 bits per heavy atom. The molecule has 0 saturated heterocycles. The van der Waals surface area contributed by atoms with Crippen LogP contribution in [-0.2, 0) is 6.54 Å². The molecule has 3 nitrogen and oxygen atoms in total. The number of pyridine rings is 1. The summed E-state index contributed by atoms with van der Waals surface area (Å²) in [7, 11) is 0. The molecule has 1 aromatic rings. The van der Waals surface area contributed by atoms with Crippen molar-refractivity contribution in [2.24, 2.45) is 5.92 Å². The SMILES string of the molecule is CC(C)CN(CCC#N)Cc1cncc(Br)c1. The zero-order valence-electron chi connectivity index (χ0n) is 10.4. The standard InChI is InChI=1S/C13H18BrN3/c1-11(2)9-17(5-3-4-15)10-12-6-13(14)8-16-7-12/h6-8,11H,3,5,9-10H2,1-2H3. The Bertz CT molecular complexity index is 384. The predicted octanol–water partition coefficient (Wildman–Crippen LogP) is 3.22. The second-order valence-electron chi connectivity index (χ2n) is 4.55. The molecule has 0 N–H and O–H groups in total. The molecule has 4 heteroatoms. The van der Waals surface area contributed by atoms with E-state index in [-0.39, 0.29) is 0 Å². The minimum atomic E-state index is 0.578. The van der Waals surface area contributed by atoms with Crippen molar-refractivity contribution in [3.8, 4) is 6.07 Å². The van der Waals surface area contributed by atoms with Crippen LogP contribution < -0.4 is 0 Å². The van der Waals surface area contributed by atoms with Crippen LogP contribution in [0.2, 0.25) is 0 Å². The van der Waals surface area contributed by atoms with Crippen LogP contribution in [0.1, 0.15) is 25.8 Å². The summed E-state index contributed by atoms with van der Waals surface area (Å²) in [6.45, 7) is 7.07. The molecule has 0 aromatic carbocycles. The first-order valence-corrected chi connectivity index (χ1v) is 6.60. The highest BCUT2D eigenvalue weighted by Gasteiger charge is 2.08. The fourth-order valence-electron chi connectivity index (χ4n) is 1.76. The van der Waals surface area contributed by atoms with Gasteiger partial charge in [-0.25, -0.2) is 0 Å². The van der Waals surface area contributed by atoms with Gasteiger partial charge in [0, 0.05) is 42.9 Å². The van der Waals surface area contributed by atoms with Crippen molar-refractivity contribution in [3.05, 3.63) is 28.5 Å². The average Bonchev–Trinajstić information content (AvgIpc) is 2.25. The van der Waals surface area contributed by atoms with E-state index in [9.17, 15) is 0 Å². The molecule has 17 heavy (non-hydrogen) atoms. The Balaban J connectivity index is 2.61. The van der Waals surface area contributed by atoms with Gasteiger partial charge in [-0.05, 0) is 33.5 Å². The van der Waals surface area contributed by atoms with Gasteiger partial charge in [0.2, 0.25) is 0 Å². The molecular weight excluding hydrogens is 278 g/mol. The van der Waals surface area contributed by atoms with Gasteiger partial charge in [-0.2, -0.15) is 5.26 Å². The molecule has 0 aliphatic carbocycles. The molecule has 0 aliphatic rings. The van der Waals surface area contributed by atoms with Gasteiger partial charge in [-0.1, -0.05) is 13.8 Å². The van der Waals surface area contributed by atoms with Gasteiger partial charge in [0.05, 0.1) is 6.07 Å². The van der Waals surface area contributed by atoms with E-state index in [1.807, 2.05) is 6.20 Å². The fraction of sp³-hybridized carbons (Fsp3) is 0.538. The molecule has 0 saturated carbocycles. The van der Waals surface area contributed by atoms with Crippen LogP contribution in [0.5, 0.6) is 0 Å². The lowest BCUT2D eigenvalue weighted by molar-refractivity contribution is 0.241. The van der Waals surface area contributed by atoms with E-state index in [0.717, 1.165) is 24.1 Å². The van der Waals surface area contributed by atoms with E-state index in [1.165, 1.54) is 5.56 Å². The first kappa shape index (κ1) is 14.1. The molecule has 0 bridgehead atoms. The Hall–Kier alpha value is -0.920. The van der Waals surface area contributed by atoms with Gasteiger partial charge in [0.1, 0.15) is 0 Å². The number of hydrogen-bond acceptors (Lipinski definition) is 3. The lowest BCUT2D eigenvalue weighted by atomic mass is 10.2. The third-order valence-corrected chi connectivity index (χ3v) is 2.76. The lowest BCUT2D eigenvalue weighted by Gasteiger charge is -2.23. The van der Waals surface area contributed by atoms with E-state index < -0.39 is 0 Å². The molecule has 0 atom stereocenters. The minimum Gasteiger partial charge on any atom is -0.298 e. The molecule has 1 rings (SSSR count). The van der Waals surface area contributed by atoms with Crippen molar-refractivity contribution in [1.82, 2.24) is 9.88 Å². The topological polar surface area (TPSA) is 39.9 Å². The third-order valence-electron chi connectivity index (χ3n) is 2.33. The van der Waals surface area contributed by atoms with Crippen LogP contribution in [0, 0.1) is 17.2 Å². The summed E-state index contributed by atoms with van der Waals surface area (Å²) in [6, 6.07) is 4.28. The first-order chi connectivity index (χ1) is 8.11. The van der Waals surface area contributed by atoms with Gasteiger partial charge in [-0.15, -0.1) is 0 Å². The minimum absolute atomic E-state index is 0.578. The summed E-state index contributed by atoms with van der Waals surface area (Å²) in [5.74, 6) is 0.605. The van der Waals surface area contributed by atoms with Crippen LogP contribution >= 0.6 is 15.9 Å². The Morgan fingerprint density at radius 3 is 2.82 bits per heavy atom. The van der Waals surface area contributed by atoms with Crippen LogP contribution in [0.15, 0.2) is 22.9 Å². The maximum Gasteiger partial charge on any atom is 0.0635 e. The fourth-order valence-corrected chi connectivity index (χ4v) is 2.17. The Kier molecular flexibility index (Phi) is 6.17. The van der Waals surface area contributed by atoms with Crippen LogP contribution in [-0.4, -0.2) is 23.0 Å². The molecule has 0 amide bonds. The number of rotatable bonds is 6. The highest BCUT2D eigenvalue weighted by Crippen LogP contribution is 2.12. The first-order valence-electron chi connectivity index (χ1n) is 5.80. The summed E-state index contributed by atoms with van der Waals surface area (Å²) in [5, 5.41) is 8.66. The summed E-state index contributed by atoms with van der Waals surface area (Å²) in [5.41, 5.74) is 1.18. The van der Waals surface area contributed by atoms with E-state index in [4.69, 9.17) is 5.26 Å².